The minimum atomic E-state index is -1.02. The largest absolute Gasteiger partial charge is 0.496 e. The zero-order valence-corrected chi connectivity index (χ0v) is 14.2. The molecule has 132 valence electrons. The highest BCUT2D eigenvalue weighted by Crippen LogP contribution is 2.16. The molecule has 1 amide bonds. The number of carbonyl (C=O) groups excluding carboxylic acids is 3. The summed E-state index contributed by atoms with van der Waals surface area (Å²) in [5, 5.41) is 2.42. The summed E-state index contributed by atoms with van der Waals surface area (Å²) in [5.74, 6) is -1.40. The van der Waals surface area contributed by atoms with Gasteiger partial charge in [0.15, 0.2) is 6.10 Å². The Morgan fingerprint density at radius 2 is 1.92 bits per heavy atom. The fourth-order valence-electron chi connectivity index (χ4n) is 1.80. The molecule has 0 radical (unpaired) electrons. The van der Waals surface area contributed by atoms with Gasteiger partial charge in [0.25, 0.3) is 5.91 Å². The molecule has 0 spiro atoms. The Balaban J connectivity index is 2.42. The first-order chi connectivity index (χ1) is 11.5. The van der Waals surface area contributed by atoms with Gasteiger partial charge in [-0.15, -0.1) is 0 Å². The van der Waals surface area contributed by atoms with E-state index >= 15 is 0 Å². The maximum absolute atomic E-state index is 12.0. The van der Waals surface area contributed by atoms with Crippen molar-refractivity contribution in [3.8, 4) is 5.75 Å². The number of benzene rings is 1. The molecule has 1 aromatic carbocycles. The van der Waals surface area contributed by atoms with Gasteiger partial charge in [-0.3, -0.25) is 9.59 Å². The Hall–Kier alpha value is -2.57. The molecule has 0 fully saturated rings. The Labute approximate surface area is 141 Å². The molecule has 0 aliphatic rings. The van der Waals surface area contributed by atoms with E-state index in [2.05, 4.69) is 5.32 Å². The molecule has 1 rings (SSSR count). The van der Waals surface area contributed by atoms with Crippen LogP contribution in [0.1, 0.15) is 37.0 Å². The highest BCUT2D eigenvalue weighted by atomic mass is 16.6. The first-order valence-corrected chi connectivity index (χ1v) is 7.76. The summed E-state index contributed by atoms with van der Waals surface area (Å²) in [6.07, 6.45) is 0.634. The summed E-state index contributed by atoms with van der Waals surface area (Å²) in [4.78, 5) is 35.3. The maximum atomic E-state index is 12.0. The standard InChI is InChI=1S/C17H23NO6/c1-4-5-10-23-17(21)12(2)24-15(19)11-18-16(20)13-8-6-7-9-14(13)22-3/h6-9,12H,4-5,10-11H2,1-3H3,(H,18,20). The number of ether oxygens (including phenoxy) is 3. The molecule has 7 nitrogen and oxygen atoms in total. The molecule has 1 unspecified atom stereocenters. The smallest absolute Gasteiger partial charge is 0.347 e. The monoisotopic (exact) mass is 337 g/mol. The van der Waals surface area contributed by atoms with Crippen LogP contribution >= 0.6 is 0 Å². The SMILES string of the molecule is CCCCOC(=O)C(C)OC(=O)CNC(=O)c1ccccc1OC. The molecule has 0 aromatic heterocycles. The van der Waals surface area contributed by atoms with Crippen LogP contribution in [0.3, 0.4) is 0 Å². The van der Waals surface area contributed by atoms with Gasteiger partial charge in [0.1, 0.15) is 12.3 Å². The van der Waals surface area contributed by atoms with Crippen LogP contribution in [0, 0.1) is 0 Å². The Bertz CT molecular complexity index is 572. The zero-order valence-electron chi connectivity index (χ0n) is 14.2. The number of esters is 2. The Kier molecular flexibility index (Phi) is 8.32. The minimum absolute atomic E-state index is 0.293. The van der Waals surface area contributed by atoms with E-state index < -0.39 is 23.9 Å². The summed E-state index contributed by atoms with van der Waals surface area (Å²) in [6.45, 7) is 3.33. The molecule has 24 heavy (non-hydrogen) atoms. The molecule has 0 aliphatic heterocycles. The maximum Gasteiger partial charge on any atom is 0.347 e. The first kappa shape index (κ1) is 19.5. The van der Waals surface area contributed by atoms with Crippen molar-refractivity contribution in [2.45, 2.75) is 32.8 Å². The van der Waals surface area contributed by atoms with E-state index in [4.69, 9.17) is 14.2 Å². The highest BCUT2D eigenvalue weighted by Gasteiger charge is 2.20. The van der Waals surface area contributed by atoms with Crippen LogP contribution in [0.5, 0.6) is 5.75 Å². The van der Waals surface area contributed by atoms with Gasteiger partial charge < -0.3 is 19.5 Å². The van der Waals surface area contributed by atoms with Crippen LogP contribution in [-0.2, 0) is 19.1 Å². The van der Waals surface area contributed by atoms with Crippen LogP contribution in [0.2, 0.25) is 0 Å². The number of amides is 1. The molecule has 7 heteroatoms. The molecule has 1 atom stereocenters. The fraction of sp³-hybridized carbons (Fsp3) is 0.471. The summed E-state index contributed by atoms with van der Waals surface area (Å²) >= 11 is 0. The van der Waals surface area contributed by atoms with Crippen molar-refractivity contribution in [2.24, 2.45) is 0 Å². The summed E-state index contributed by atoms with van der Waals surface area (Å²) in [7, 11) is 1.45. The molecule has 1 N–H and O–H groups in total. The van der Waals surface area contributed by atoms with E-state index in [1.165, 1.54) is 14.0 Å². The number of unbranched alkanes of at least 4 members (excludes halogenated alkanes) is 1. The molecule has 0 saturated carbocycles. The van der Waals surface area contributed by atoms with Crippen LogP contribution in [-0.4, -0.2) is 44.2 Å². The average Bonchev–Trinajstić information content (AvgIpc) is 2.59. The van der Waals surface area contributed by atoms with Crippen molar-refractivity contribution in [3.63, 3.8) is 0 Å². The number of carbonyl (C=O) groups is 3. The minimum Gasteiger partial charge on any atom is -0.496 e. The molecular formula is C17H23NO6. The highest BCUT2D eigenvalue weighted by molar-refractivity contribution is 5.98. The quantitative estimate of drug-likeness (QED) is 0.545. The van der Waals surface area contributed by atoms with Crippen molar-refractivity contribution in [1.29, 1.82) is 0 Å². The van der Waals surface area contributed by atoms with Crippen LogP contribution in [0.15, 0.2) is 24.3 Å². The summed E-state index contributed by atoms with van der Waals surface area (Å²) in [5.41, 5.74) is 0.305. The second kappa shape index (κ2) is 10.3. The van der Waals surface area contributed by atoms with E-state index in [0.717, 1.165) is 12.8 Å². The van der Waals surface area contributed by atoms with Crippen LogP contribution < -0.4 is 10.1 Å². The predicted molar refractivity (Wildman–Crippen MR) is 86.7 cm³/mol. The number of nitrogens with one attached hydrogen (secondary N) is 1. The lowest BCUT2D eigenvalue weighted by Gasteiger charge is -2.13. The molecule has 1 aromatic rings. The number of rotatable bonds is 9. The second-order valence-electron chi connectivity index (χ2n) is 5.04. The lowest BCUT2D eigenvalue weighted by atomic mass is 10.2. The lowest BCUT2D eigenvalue weighted by Crippen LogP contribution is -2.34. The number of methoxy groups -OCH3 is 1. The third kappa shape index (κ3) is 6.28. The Morgan fingerprint density at radius 1 is 1.21 bits per heavy atom. The third-order valence-corrected chi connectivity index (χ3v) is 3.13. The third-order valence-electron chi connectivity index (χ3n) is 3.13. The lowest BCUT2D eigenvalue weighted by molar-refractivity contribution is -0.166. The molecule has 0 bridgehead atoms. The summed E-state index contributed by atoms with van der Waals surface area (Å²) < 4.78 is 15.0. The first-order valence-electron chi connectivity index (χ1n) is 7.76. The van der Waals surface area contributed by atoms with Gasteiger partial charge in [0.2, 0.25) is 0 Å². The van der Waals surface area contributed by atoms with Gasteiger partial charge in [-0.25, -0.2) is 4.79 Å². The molecule has 0 aliphatic carbocycles. The zero-order chi connectivity index (χ0) is 17.9. The van der Waals surface area contributed by atoms with E-state index in [1.54, 1.807) is 24.3 Å². The van der Waals surface area contributed by atoms with Gasteiger partial charge in [0, 0.05) is 0 Å². The normalized spacial score (nSPS) is 11.3. The average molecular weight is 337 g/mol. The van der Waals surface area contributed by atoms with E-state index in [0.29, 0.717) is 17.9 Å². The number of hydrogen-bond donors (Lipinski definition) is 1. The van der Waals surface area contributed by atoms with Gasteiger partial charge in [-0.1, -0.05) is 25.5 Å². The van der Waals surface area contributed by atoms with E-state index in [1.807, 2.05) is 6.92 Å². The van der Waals surface area contributed by atoms with Gasteiger partial charge >= 0.3 is 11.9 Å². The predicted octanol–water partition coefficient (Wildman–Crippen LogP) is 1.70. The molecule has 0 heterocycles. The second-order valence-corrected chi connectivity index (χ2v) is 5.04. The molecule has 0 saturated heterocycles. The van der Waals surface area contributed by atoms with Gasteiger partial charge in [0.05, 0.1) is 19.3 Å². The fourth-order valence-corrected chi connectivity index (χ4v) is 1.80. The number of para-hydroxylation sites is 1. The van der Waals surface area contributed by atoms with Crippen molar-refractivity contribution in [3.05, 3.63) is 29.8 Å². The topological polar surface area (TPSA) is 90.9 Å². The summed E-state index contributed by atoms with van der Waals surface area (Å²) in [6, 6.07) is 6.63. The Morgan fingerprint density at radius 3 is 2.58 bits per heavy atom. The van der Waals surface area contributed by atoms with Gasteiger partial charge in [-0.05, 0) is 25.5 Å². The van der Waals surface area contributed by atoms with Crippen LogP contribution in [0.25, 0.3) is 0 Å². The van der Waals surface area contributed by atoms with Crippen molar-refractivity contribution < 1.29 is 28.6 Å². The van der Waals surface area contributed by atoms with Crippen LogP contribution in [0.4, 0.5) is 0 Å². The number of hydrogen-bond acceptors (Lipinski definition) is 6. The van der Waals surface area contributed by atoms with Crippen molar-refractivity contribution in [1.82, 2.24) is 5.32 Å². The van der Waals surface area contributed by atoms with Crippen molar-refractivity contribution in [2.75, 3.05) is 20.3 Å². The van der Waals surface area contributed by atoms with Crippen molar-refractivity contribution >= 4 is 17.8 Å². The molecular weight excluding hydrogens is 314 g/mol. The van der Waals surface area contributed by atoms with E-state index in [-0.39, 0.29) is 6.54 Å². The van der Waals surface area contributed by atoms with E-state index in [9.17, 15) is 14.4 Å². The van der Waals surface area contributed by atoms with Gasteiger partial charge in [-0.2, -0.15) is 0 Å².